The quantitative estimate of drug-likeness (QED) is 0.769. The van der Waals surface area contributed by atoms with Crippen molar-refractivity contribution in [3.63, 3.8) is 0 Å². The molecule has 0 unspecified atom stereocenters. The zero-order valence-corrected chi connectivity index (χ0v) is 14.5. The number of pyridine rings is 1. The highest BCUT2D eigenvalue weighted by Gasteiger charge is 2.29. The summed E-state index contributed by atoms with van der Waals surface area (Å²) in [4.78, 5) is 32.2. The number of amides is 2. The first-order chi connectivity index (χ1) is 12.7. The summed E-state index contributed by atoms with van der Waals surface area (Å²) in [6.45, 7) is 0.202. The number of para-hydroxylation sites is 1. The second-order valence-electron chi connectivity index (χ2n) is 5.67. The normalized spacial score (nSPS) is 12.9. The van der Waals surface area contributed by atoms with Crippen LogP contribution in [0.3, 0.4) is 0 Å². The third kappa shape index (κ3) is 3.21. The van der Waals surface area contributed by atoms with Crippen LogP contribution in [0, 0.1) is 0 Å². The number of aromatic nitrogens is 1. The van der Waals surface area contributed by atoms with Gasteiger partial charge in [-0.2, -0.15) is 0 Å². The zero-order chi connectivity index (χ0) is 17.9. The molecule has 0 bridgehead atoms. The van der Waals surface area contributed by atoms with E-state index in [1.54, 1.807) is 36.7 Å². The smallest absolute Gasteiger partial charge is 0.261 e. The lowest BCUT2D eigenvalue weighted by Gasteiger charge is -2.22. The van der Waals surface area contributed by atoms with Crippen molar-refractivity contribution in [2.75, 3.05) is 11.4 Å². The maximum atomic E-state index is 13.0. The number of hydrogen-bond donors (Lipinski definition) is 1. The highest BCUT2D eigenvalue weighted by atomic mass is 32.2. The lowest BCUT2D eigenvalue weighted by Crippen LogP contribution is -2.40. The van der Waals surface area contributed by atoms with Crippen molar-refractivity contribution in [2.45, 2.75) is 16.5 Å². The molecule has 0 radical (unpaired) electrons. The Morgan fingerprint density at radius 3 is 2.88 bits per heavy atom. The molecule has 1 aliphatic rings. The van der Waals surface area contributed by atoms with Crippen molar-refractivity contribution in [2.24, 2.45) is 0 Å². The molecule has 0 aliphatic carbocycles. The first-order valence-corrected chi connectivity index (χ1v) is 8.87. The average Bonchev–Trinajstić information content (AvgIpc) is 3.15. The summed E-state index contributed by atoms with van der Waals surface area (Å²) in [7, 11) is 0. The van der Waals surface area contributed by atoms with Crippen LogP contribution >= 0.6 is 11.8 Å². The van der Waals surface area contributed by atoms with E-state index in [-0.39, 0.29) is 24.9 Å². The van der Waals surface area contributed by atoms with E-state index in [0.29, 0.717) is 22.0 Å². The molecule has 26 heavy (non-hydrogen) atoms. The van der Waals surface area contributed by atoms with Crippen LogP contribution in [0.1, 0.15) is 16.1 Å². The molecular weight excluding hydrogens is 350 g/mol. The molecule has 0 spiro atoms. The van der Waals surface area contributed by atoms with Crippen LogP contribution in [0.2, 0.25) is 0 Å². The Balaban J connectivity index is 1.61. The largest absolute Gasteiger partial charge is 0.467 e. The summed E-state index contributed by atoms with van der Waals surface area (Å²) in [5.41, 5.74) is 1.20. The number of rotatable bonds is 4. The highest BCUT2D eigenvalue weighted by molar-refractivity contribution is 7.99. The van der Waals surface area contributed by atoms with E-state index >= 15 is 0 Å². The SMILES string of the molecule is O=C(CN1C(=O)c2cccnc2Sc2ccccc21)NCc1ccco1. The second kappa shape index (κ2) is 7.05. The molecule has 0 atom stereocenters. The Morgan fingerprint density at radius 2 is 2.04 bits per heavy atom. The zero-order valence-electron chi connectivity index (χ0n) is 13.7. The van der Waals surface area contributed by atoms with E-state index in [9.17, 15) is 9.59 Å². The molecule has 2 aromatic heterocycles. The van der Waals surface area contributed by atoms with E-state index in [1.807, 2.05) is 24.3 Å². The first kappa shape index (κ1) is 16.4. The fourth-order valence-electron chi connectivity index (χ4n) is 2.72. The van der Waals surface area contributed by atoms with Crippen molar-refractivity contribution in [1.82, 2.24) is 10.3 Å². The fraction of sp³-hybridized carbons (Fsp3) is 0.105. The van der Waals surface area contributed by atoms with E-state index in [2.05, 4.69) is 10.3 Å². The highest BCUT2D eigenvalue weighted by Crippen LogP contribution is 2.39. The van der Waals surface area contributed by atoms with Gasteiger partial charge in [-0.15, -0.1) is 0 Å². The Labute approximate surface area is 154 Å². The minimum atomic E-state index is -0.262. The van der Waals surface area contributed by atoms with E-state index in [4.69, 9.17) is 4.42 Å². The maximum absolute atomic E-state index is 13.0. The third-order valence-corrected chi connectivity index (χ3v) is 5.03. The Hall–Kier alpha value is -3.06. The predicted octanol–water partition coefficient (Wildman–Crippen LogP) is 3.10. The predicted molar refractivity (Wildman–Crippen MR) is 97.0 cm³/mol. The number of anilines is 1. The number of carbonyl (C=O) groups is 2. The van der Waals surface area contributed by atoms with Crippen LogP contribution in [-0.4, -0.2) is 23.3 Å². The minimum absolute atomic E-state index is 0.0779. The van der Waals surface area contributed by atoms with Gasteiger partial charge in [0, 0.05) is 11.1 Å². The number of furan rings is 1. The topological polar surface area (TPSA) is 75.4 Å². The van der Waals surface area contributed by atoms with Crippen molar-refractivity contribution >= 4 is 29.3 Å². The molecule has 3 aromatic rings. The van der Waals surface area contributed by atoms with Gasteiger partial charge in [0.1, 0.15) is 17.3 Å². The summed E-state index contributed by atoms with van der Waals surface area (Å²) >= 11 is 1.43. The molecular formula is C19H15N3O3S. The summed E-state index contributed by atoms with van der Waals surface area (Å²) in [6.07, 6.45) is 3.21. The standard InChI is InChI=1S/C19H15N3O3S/c23-17(21-11-13-5-4-10-25-13)12-22-15-7-1-2-8-16(15)26-18-14(19(22)24)6-3-9-20-18/h1-10H,11-12H2,(H,21,23). The van der Waals surface area contributed by atoms with Crippen molar-refractivity contribution in [3.8, 4) is 0 Å². The lowest BCUT2D eigenvalue weighted by atomic mass is 10.2. The van der Waals surface area contributed by atoms with Gasteiger partial charge in [-0.3, -0.25) is 14.5 Å². The lowest BCUT2D eigenvalue weighted by molar-refractivity contribution is -0.120. The number of nitrogens with zero attached hydrogens (tertiary/aromatic N) is 2. The molecule has 130 valence electrons. The molecule has 0 saturated heterocycles. The Bertz CT molecular complexity index is 956. The molecule has 0 saturated carbocycles. The summed E-state index contributed by atoms with van der Waals surface area (Å²) < 4.78 is 5.21. The molecule has 6 nitrogen and oxygen atoms in total. The van der Waals surface area contributed by atoms with Crippen LogP contribution in [0.15, 0.2) is 75.3 Å². The van der Waals surface area contributed by atoms with E-state index < -0.39 is 0 Å². The van der Waals surface area contributed by atoms with Gasteiger partial charge in [-0.1, -0.05) is 23.9 Å². The second-order valence-corrected chi connectivity index (χ2v) is 6.70. The molecule has 2 amide bonds. The van der Waals surface area contributed by atoms with Crippen LogP contribution in [0.5, 0.6) is 0 Å². The van der Waals surface area contributed by atoms with Crippen LogP contribution in [0.25, 0.3) is 0 Å². The number of carbonyl (C=O) groups excluding carboxylic acids is 2. The van der Waals surface area contributed by atoms with E-state index in [0.717, 1.165) is 4.90 Å². The van der Waals surface area contributed by atoms with Gasteiger partial charge < -0.3 is 9.73 Å². The third-order valence-electron chi connectivity index (χ3n) is 3.95. The van der Waals surface area contributed by atoms with Crippen LogP contribution in [0.4, 0.5) is 5.69 Å². The van der Waals surface area contributed by atoms with Crippen LogP contribution < -0.4 is 10.2 Å². The number of hydrogen-bond acceptors (Lipinski definition) is 5. The number of nitrogens with one attached hydrogen (secondary N) is 1. The van der Waals surface area contributed by atoms with Gasteiger partial charge in [0.15, 0.2) is 0 Å². The average molecular weight is 365 g/mol. The number of fused-ring (bicyclic) bond motifs is 2. The van der Waals surface area contributed by atoms with Crippen molar-refractivity contribution in [3.05, 3.63) is 72.3 Å². The summed E-state index contributed by atoms with van der Waals surface area (Å²) in [6, 6.07) is 14.5. The molecule has 0 fully saturated rings. The molecule has 1 aliphatic heterocycles. The monoisotopic (exact) mass is 365 g/mol. The van der Waals surface area contributed by atoms with Crippen molar-refractivity contribution in [1.29, 1.82) is 0 Å². The molecule has 1 aromatic carbocycles. The van der Waals surface area contributed by atoms with E-state index in [1.165, 1.54) is 16.7 Å². The Morgan fingerprint density at radius 1 is 1.15 bits per heavy atom. The van der Waals surface area contributed by atoms with Gasteiger partial charge in [0.2, 0.25) is 5.91 Å². The number of benzene rings is 1. The summed E-state index contributed by atoms with van der Waals surface area (Å²) in [5.74, 6) is 0.159. The first-order valence-electron chi connectivity index (χ1n) is 8.05. The van der Waals surface area contributed by atoms with Gasteiger partial charge >= 0.3 is 0 Å². The minimum Gasteiger partial charge on any atom is -0.467 e. The van der Waals surface area contributed by atoms with Gasteiger partial charge in [0.25, 0.3) is 5.91 Å². The van der Waals surface area contributed by atoms with Crippen LogP contribution in [-0.2, 0) is 11.3 Å². The van der Waals surface area contributed by atoms with Gasteiger partial charge in [-0.05, 0) is 36.4 Å². The maximum Gasteiger partial charge on any atom is 0.261 e. The fourth-order valence-corrected chi connectivity index (χ4v) is 3.73. The molecule has 7 heteroatoms. The van der Waals surface area contributed by atoms with Gasteiger partial charge in [-0.25, -0.2) is 4.98 Å². The van der Waals surface area contributed by atoms with Crippen molar-refractivity contribution < 1.29 is 14.0 Å². The molecule has 4 rings (SSSR count). The molecule has 3 heterocycles. The summed E-state index contributed by atoms with van der Waals surface area (Å²) in [5, 5.41) is 3.42. The molecule has 1 N–H and O–H groups in total. The Kier molecular flexibility index (Phi) is 4.45. The van der Waals surface area contributed by atoms with Gasteiger partial charge in [0.05, 0.1) is 24.1 Å².